The van der Waals surface area contributed by atoms with E-state index in [1.54, 1.807) is 0 Å². The zero-order valence-electron chi connectivity index (χ0n) is 11.0. The molecule has 1 nitrogen and oxygen atoms in total. The number of hydrogen-bond acceptors (Lipinski definition) is 1. The highest BCUT2D eigenvalue weighted by atomic mass is 16.1. The maximum atomic E-state index is 12.5. The Balaban J connectivity index is 1.69. The first-order chi connectivity index (χ1) is 8.84. The Morgan fingerprint density at radius 3 is 2.39 bits per heavy atom. The van der Waals surface area contributed by atoms with Crippen molar-refractivity contribution in [3.8, 4) is 0 Å². The molecule has 1 aromatic carbocycles. The lowest BCUT2D eigenvalue weighted by molar-refractivity contribution is 0.0763. The van der Waals surface area contributed by atoms with E-state index in [9.17, 15) is 4.79 Å². The van der Waals surface area contributed by atoms with Crippen LogP contribution >= 0.6 is 0 Å². The van der Waals surface area contributed by atoms with Gasteiger partial charge in [-0.3, -0.25) is 4.79 Å². The van der Waals surface area contributed by atoms with Gasteiger partial charge in [0.15, 0.2) is 5.78 Å². The predicted molar refractivity (Wildman–Crippen MR) is 73.6 cm³/mol. The minimum absolute atomic E-state index is 0.298. The Labute approximate surface area is 110 Å². The number of Topliss-reactive ketones (excluding diaryl/α,β-unsaturated/α-hetero) is 1. The van der Waals surface area contributed by atoms with Crippen LogP contribution in [0.5, 0.6) is 0 Å². The quantitative estimate of drug-likeness (QED) is 0.699. The molecular formula is C17H22O. The number of benzene rings is 1. The third-order valence-electron chi connectivity index (χ3n) is 4.97. The molecule has 2 fully saturated rings. The number of fused-ring (bicyclic) bond motifs is 1. The second kappa shape index (κ2) is 5.26. The van der Waals surface area contributed by atoms with Crippen LogP contribution in [-0.2, 0) is 0 Å². The molecular weight excluding hydrogens is 220 g/mol. The molecule has 3 unspecified atom stereocenters. The molecule has 96 valence electrons. The Bertz CT molecular complexity index is 409. The van der Waals surface area contributed by atoms with Gasteiger partial charge in [0.2, 0.25) is 0 Å². The van der Waals surface area contributed by atoms with Gasteiger partial charge >= 0.3 is 0 Å². The van der Waals surface area contributed by atoms with E-state index in [2.05, 4.69) is 0 Å². The third-order valence-corrected chi connectivity index (χ3v) is 4.97. The molecule has 0 bridgehead atoms. The summed E-state index contributed by atoms with van der Waals surface area (Å²) in [7, 11) is 0. The summed E-state index contributed by atoms with van der Waals surface area (Å²) < 4.78 is 0. The van der Waals surface area contributed by atoms with Crippen molar-refractivity contribution in [3.05, 3.63) is 35.9 Å². The summed E-state index contributed by atoms with van der Waals surface area (Å²) in [6.45, 7) is 0. The summed E-state index contributed by atoms with van der Waals surface area (Å²) in [4.78, 5) is 12.5. The van der Waals surface area contributed by atoms with Crippen molar-refractivity contribution in [1.82, 2.24) is 0 Å². The minimum atomic E-state index is 0.298. The number of ketones is 1. The van der Waals surface area contributed by atoms with E-state index < -0.39 is 0 Å². The first-order valence-corrected chi connectivity index (χ1v) is 7.44. The minimum Gasteiger partial charge on any atom is -0.294 e. The Morgan fingerprint density at radius 2 is 1.61 bits per heavy atom. The van der Waals surface area contributed by atoms with Crippen molar-refractivity contribution in [2.45, 2.75) is 44.9 Å². The Morgan fingerprint density at radius 1 is 0.889 bits per heavy atom. The standard InChI is InChI=1S/C17H22O/c18-17(14-7-2-1-3-8-14)16-11-10-13-6-4-5-9-15(13)12-16/h1-3,7-8,13,15-16H,4-6,9-12H2. The van der Waals surface area contributed by atoms with Crippen LogP contribution < -0.4 is 0 Å². The molecule has 1 heteroatoms. The molecule has 0 N–H and O–H groups in total. The lowest BCUT2D eigenvalue weighted by Crippen LogP contribution is -2.31. The van der Waals surface area contributed by atoms with Crippen molar-refractivity contribution in [1.29, 1.82) is 0 Å². The monoisotopic (exact) mass is 242 g/mol. The van der Waals surface area contributed by atoms with Crippen molar-refractivity contribution in [3.63, 3.8) is 0 Å². The molecule has 1 aromatic rings. The van der Waals surface area contributed by atoms with Crippen molar-refractivity contribution in [2.24, 2.45) is 17.8 Å². The topological polar surface area (TPSA) is 17.1 Å². The van der Waals surface area contributed by atoms with Crippen LogP contribution in [0.4, 0.5) is 0 Å². The normalized spacial score (nSPS) is 31.7. The van der Waals surface area contributed by atoms with E-state index in [4.69, 9.17) is 0 Å². The predicted octanol–water partition coefficient (Wildman–Crippen LogP) is 4.48. The molecule has 2 saturated carbocycles. The summed E-state index contributed by atoms with van der Waals surface area (Å²) in [5.41, 5.74) is 0.914. The number of carbonyl (C=O) groups excluding carboxylic acids is 1. The van der Waals surface area contributed by atoms with Gasteiger partial charge in [-0.25, -0.2) is 0 Å². The van der Waals surface area contributed by atoms with Crippen LogP contribution in [0.15, 0.2) is 30.3 Å². The molecule has 3 atom stereocenters. The molecule has 0 amide bonds. The largest absolute Gasteiger partial charge is 0.294 e. The molecule has 0 radical (unpaired) electrons. The van der Waals surface area contributed by atoms with Crippen molar-refractivity contribution in [2.75, 3.05) is 0 Å². The molecule has 0 spiro atoms. The lowest BCUT2D eigenvalue weighted by atomic mass is 9.66. The van der Waals surface area contributed by atoms with Crippen LogP contribution in [-0.4, -0.2) is 5.78 Å². The molecule has 18 heavy (non-hydrogen) atoms. The second-order valence-electron chi connectivity index (χ2n) is 6.04. The fourth-order valence-electron chi connectivity index (χ4n) is 3.95. The second-order valence-corrected chi connectivity index (χ2v) is 6.04. The summed E-state index contributed by atoms with van der Waals surface area (Å²) in [6, 6.07) is 9.86. The zero-order valence-corrected chi connectivity index (χ0v) is 11.0. The van der Waals surface area contributed by atoms with Crippen LogP contribution in [0, 0.1) is 17.8 Å². The lowest BCUT2D eigenvalue weighted by Gasteiger charge is -2.38. The highest BCUT2D eigenvalue weighted by molar-refractivity contribution is 5.97. The van der Waals surface area contributed by atoms with E-state index in [1.165, 1.54) is 32.1 Å². The van der Waals surface area contributed by atoms with Gasteiger partial charge in [-0.2, -0.15) is 0 Å². The van der Waals surface area contributed by atoms with Gasteiger partial charge in [-0.15, -0.1) is 0 Å². The average Bonchev–Trinajstić information content (AvgIpc) is 2.47. The highest BCUT2D eigenvalue weighted by Gasteiger charge is 2.35. The van der Waals surface area contributed by atoms with Crippen LogP contribution in [0.2, 0.25) is 0 Å². The van der Waals surface area contributed by atoms with Crippen LogP contribution in [0.3, 0.4) is 0 Å². The first-order valence-electron chi connectivity index (χ1n) is 7.44. The highest BCUT2D eigenvalue weighted by Crippen LogP contribution is 2.43. The van der Waals surface area contributed by atoms with Gasteiger partial charge in [0.25, 0.3) is 0 Å². The van der Waals surface area contributed by atoms with E-state index in [1.807, 2.05) is 30.3 Å². The van der Waals surface area contributed by atoms with Gasteiger partial charge in [-0.1, -0.05) is 56.0 Å². The third kappa shape index (κ3) is 2.36. The molecule has 2 aliphatic rings. The van der Waals surface area contributed by atoms with Gasteiger partial charge in [0.05, 0.1) is 0 Å². The van der Waals surface area contributed by atoms with Crippen LogP contribution in [0.25, 0.3) is 0 Å². The van der Waals surface area contributed by atoms with Gasteiger partial charge < -0.3 is 0 Å². The van der Waals surface area contributed by atoms with E-state index >= 15 is 0 Å². The Hall–Kier alpha value is -1.11. The average molecular weight is 242 g/mol. The van der Waals surface area contributed by atoms with Gasteiger partial charge in [0, 0.05) is 11.5 Å². The summed E-state index contributed by atoms with van der Waals surface area (Å²) in [5, 5.41) is 0. The molecule has 0 heterocycles. The molecule has 0 aliphatic heterocycles. The summed E-state index contributed by atoms with van der Waals surface area (Å²) in [5.74, 6) is 2.45. The summed E-state index contributed by atoms with van der Waals surface area (Å²) in [6.07, 6.45) is 9.13. The SMILES string of the molecule is O=C(c1ccccc1)C1CCC2CCCCC2C1. The fraction of sp³-hybridized carbons (Fsp3) is 0.588. The van der Waals surface area contributed by atoms with Crippen molar-refractivity contribution < 1.29 is 4.79 Å². The van der Waals surface area contributed by atoms with E-state index in [0.29, 0.717) is 11.7 Å². The Kier molecular flexibility index (Phi) is 3.49. The molecule has 0 saturated heterocycles. The van der Waals surface area contributed by atoms with E-state index in [-0.39, 0.29) is 0 Å². The van der Waals surface area contributed by atoms with Crippen molar-refractivity contribution >= 4 is 5.78 Å². The zero-order chi connectivity index (χ0) is 12.4. The maximum absolute atomic E-state index is 12.5. The van der Waals surface area contributed by atoms with Crippen LogP contribution in [0.1, 0.15) is 55.3 Å². The summed E-state index contributed by atoms with van der Waals surface area (Å²) >= 11 is 0. The van der Waals surface area contributed by atoms with Gasteiger partial charge in [0.1, 0.15) is 0 Å². The molecule has 2 aliphatic carbocycles. The maximum Gasteiger partial charge on any atom is 0.165 e. The van der Waals surface area contributed by atoms with Gasteiger partial charge in [-0.05, 0) is 31.1 Å². The molecule has 0 aromatic heterocycles. The number of hydrogen-bond donors (Lipinski definition) is 0. The number of rotatable bonds is 2. The first kappa shape index (κ1) is 12.0. The fourth-order valence-corrected chi connectivity index (χ4v) is 3.95. The molecule has 3 rings (SSSR count). The van der Waals surface area contributed by atoms with E-state index in [0.717, 1.165) is 30.2 Å². The number of carbonyl (C=O) groups is 1. The smallest absolute Gasteiger partial charge is 0.165 e.